The van der Waals surface area contributed by atoms with Crippen molar-refractivity contribution in [1.29, 1.82) is 0 Å². The van der Waals surface area contributed by atoms with Gasteiger partial charge in [0.25, 0.3) is 5.91 Å². The van der Waals surface area contributed by atoms with Crippen LogP contribution in [-0.2, 0) is 20.7 Å². The van der Waals surface area contributed by atoms with Crippen LogP contribution < -0.4 is 10.1 Å². The smallest absolute Gasteiger partial charge is 0.310 e. The minimum absolute atomic E-state index is 0.164. The maximum atomic E-state index is 11.8. The monoisotopic (exact) mass is 327 g/mol. The first kappa shape index (κ1) is 17.5. The molecule has 1 amide bonds. The summed E-state index contributed by atoms with van der Waals surface area (Å²) in [5, 5.41) is 2.64. The van der Waals surface area contributed by atoms with E-state index in [-0.39, 0.29) is 18.9 Å². The van der Waals surface area contributed by atoms with Crippen LogP contribution in [0.25, 0.3) is 0 Å². The van der Waals surface area contributed by atoms with Crippen LogP contribution in [0.3, 0.4) is 0 Å². The molecule has 0 aliphatic rings. The Morgan fingerprint density at radius 3 is 2.46 bits per heavy atom. The van der Waals surface area contributed by atoms with Crippen LogP contribution in [-0.4, -0.2) is 31.6 Å². The molecule has 0 saturated carbocycles. The lowest BCUT2D eigenvalue weighted by Crippen LogP contribution is -2.32. The quantitative estimate of drug-likeness (QED) is 0.597. The normalized spacial score (nSPS) is 10.0. The molecule has 0 radical (unpaired) electrons. The number of rotatable bonds is 8. The lowest BCUT2D eigenvalue weighted by atomic mass is 10.1. The van der Waals surface area contributed by atoms with Gasteiger partial charge < -0.3 is 14.8 Å². The lowest BCUT2D eigenvalue weighted by Gasteiger charge is -2.09. The maximum absolute atomic E-state index is 11.8. The number of carbonyl (C=O) groups excluding carboxylic acids is 2. The average Bonchev–Trinajstić information content (AvgIpc) is 2.60. The second kappa shape index (κ2) is 9.35. The summed E-state index contributed by atoms with van der Waals surface area (Å²) in [6.45, 7) is 2.36. The highest BCUT2D eigenvalue weighted by Gasteiger charge is 2.09. The first-order chi connectivity index (χ1) is 11.6. The third-order valence-electron chi connectivity index (χ3n) is 3.40. The zero-order valence-corrected chi connectivity index (χ0v) is 13.7. The fourth-order valence-electron chi connectivity index (χ4n) is 2.09. The van der Waals surface area contributed by atoms with Gasteiger partial charge in [-0.2, -0.15) is 0 Å². The number of benzene rings is 2. The Kier molecular flexibility index (Phi) is 6.83. The molecule has 0 bridgehead atoms. The third-order valence-corrected chi connectivity index (χ3v) is 3.40. The molecule has 0 fully saturated rings. The zero-order chi connectivity index (χ0) is 17.2. The topological polar surface area (TPSA) is 64.6 Å². The van der Waals surface area contributed by atoms with Crippen LogP contribution in [0.1, 0.15) is 11.1 Å². The van der Waals surface area contributed by atoms with E-state index < -0.39 is 5.97 Å². The van der Waals surface area contributed by atoms with E-state index in [0.29, 0.717) is 13.2 Å². The summed E-state index contributed by atoms with van der Waals surface area (Å²) >= 11 is 0. The van der Waals surface area contributed by atoms with Crippen LogP contribution in [0.4, 0.5) is 0 Å². The van der Waals surface area contributed by atoms with Crippen molar-refractivity contribution in [2.45, 2.75) is 13.3 Å². The molecule has 2 aromatic rings. The molecule has 0 aliphatic carbocycles. The highest BCUT2D eigenvalue weighted by Crippen LogP contribution is 2.08. The fourth-order valence-corrected chi connectivity index (χ4v) is 2.09. The summed E-state index contributed by atoms with van der Waals surface area (Å²) in [5.74, 6) is -0.0128. The third kappa shape index (κ3) is 6.12. The van der Waals surface area contributed by atoms with Crippen molar-refractivity contribution in [3.05, 3.63) is 65.7 Å². The van der Waals surface area contributed by atoms with E-state index in [0.717, 1.165) is 16.9 Å². The summed E-state index contributed by atoms with van der Waals surface area (Å²) < 4.78 is 10.4. The molecule has 5 nitrogen and oxygen atoms in total. The summed E-state index contributed by atoms with van der Waals surface area (Å²) in [6, 6.07) is 16.9. The maximum Gasteiger partial charge on any atom is 0.310 e. The first-order valence-corrected chi connectivity index (χ1v) is 7.80. The summed E-state index contributed by atoms with van der Waals surface area (Å²) in [6.07, 6.45) is 0.164. The predicted octanol–water partition coefficient (Wildman–Crippen LogP) is 2.28. The van der Waals surface area contributed by atoms with Gasteiger partial charge in [-0.1, -0.05) is 42.5 Å². The van der Waals surface area contributed by atoms with Gasteiger partial charge in [-0.05, 0) is 30.2 Å². The Bertz CT molecular complexity index is 670. The predicted molar refractivity (Wildman–Crippen MR) is 90.8 cm³/mol. The minimum Gasteiger partial charge on any atom is -0.492 e. The molecule has 0 saturated heterocycles. The van der Waals surface area contributed by atoms with Gasteiger partial charge in [0.05, 0.1) is 13.0 Å². The molecule has 126 valence electrons. The van der Waals surface area contributed by atoms with Crippen LogP contribution in [0.15, 0.2) is 54.6 Å². The van der Waals surface area contributed by atoms with Gasteiger partial charge in [-0.3, -0.25) is 9.59 Å². The van der Waals surface area contributed by atoms with Gasteiger partial charge in [0, 0.05) is 0 Å². The standard InChI is InChI=1S/C19H21NO4/c1-15-7-5-6-8-16(15)13-19(22)24-14-18(21)20-11-12-23-17-9-3-2-4-10-17/h2-10H,11-14H2,1H3,(H,20,21). The van der Waals surface area contributed by atoms with Crippen LogP contribution >= 0.6 is 0 Å². The number of hydrogen-bond donors (Lipinski definition) is 1. The van der Waals surface area contributed by atoms with Crippen LogP contribution in [0, 0.1) is 6.92 Å². The first-order valence-electron chi connectivity index (χ1n) is 7.80. The second-order valence-electron chi connectivity index (χ2n) is 5.28. The Labute approximate surface area is 141 Å². The van der Waals surface area contributed by atoms with Crippen LogP contribution in [0.5, 0.6) is 5.75 Å². The van der Waals surface area contributed by atoms with E-state index in [1.807, 2.05) is 61.5 Å². The van der Waals surface area contributed by atoms with Crippen LogP contribution in [0.2, 0.25) is 0 Å². The molecule has 2 rings (SSSR count). The molecule has 0 aromatic heterocycles. The molecule has 0 unspecified atom stereocenters. The molecule has 24 heavy (non-hydrogen) atoms. The van der Waals surface area contributed by atoms with E-state index in [1.165, 1.54) is 0 Å². The minimum atomic E-state index is -0.417. The number of nitrogens with one attached hydrogen (secondary N) is 1. The molecule has 0 atom stereocenters. The Balaban J connectivity index is 1.60. The molecule has 1 N–H and O–H groups in total. The highest BCUT2D eigenvalue weighted by molar-refractivity contribution is 5.81. The SMILES string of the molecule is Cc1ccccc1CC(=O)OCC(=O)NCCOc1ccccc1. The van der Waals surface area contributed by atoms with Gasteiger partial charge in [-0.25, -0.2) is 0 Å². The number of amides is 1. The molecule has 2 aromatic carbocycles. The molecular weight excluding hydrogens is 306 g/mol. The Morgan fingerprint density at radius 2 is 1.71 bits per heavy atom. The van der Waals surface area contributed by atoms with Crippen molar-refractivity contribution in [3.8, 4) is 5.75 Å². The number of esters is 1. The highest BCUT2D eigenvalue weighted by atomic mass is 16.5. The number of aryl methyl sites for hydroxylation is 1. The second-order valence-corrected chi connectivity index (χ2v) is 5.28. The van der Waals surface area contributed by atoms with E-state index in [2.05, 4.69) is 5.32 Å². The van der Waals surface area contributed by atoms with Crippen molar-refractivity contribution >= 4 is 11.9 Å². The molecule has 5 heteroatoms. The summed E-state index contributed by atoms with van der Waals surface area (Å²) in [5.41, 5.74) is 1.93. The zero-order valence-electron chi connectivity index (χ0n) is 13.7. The van der Waals surface area contributed by atoms with E-state index in [9.17, 15) is 9.59 Å². The van der Waals surface area contributed by atoms with Gasteiger partial charge in [0.2, 0.25) is 0 Å². The molecular formula is C19H21NO4. The summed E-state index contributed by atoms with van der Waals surface area (Å²) in [7, 11) is 0. The van der Waals surface area contributed by atoms with E-state index in [1.54, 1.807) is 0 Å². The number of hydrogen-bond acceptors (Lipinski definition) is 4. The Hall–Kier alpha value is -2.82. The molecule has 0 spiro atoms. The molecule has 0 heterocycles. The van der Waals surface area contributed by atoms with Gasteiger partial charge in [0.15, 0.2) is 6.61 Å². The van der Waals surface area contributed by atoms with E-state index >= 15 is 0 Å². The largest absolute Gasteiger partial charge is 0.492 e. The number of para-hydroxylation sites is 1. The Morgan fingerprint density at radius 1 is 1.00 bits per heavy atom. The summed E-state index contributed by atoms with van der Waals surface area (Å²) in [4.78, 5) is 23.4. The molecule has 0 aliphatic heterocycles. The van der Waals surface area contributed by atoms with Crippen molar-refractivity contribution < 1.29 is 19.1 Å². The lowest BCUT2D eigenvalue weighted by molar-refractivity contribution is -0.147. The van der Waals surface area contributed by atoms with Crippen molar-refractivity contribution in [3.63, 3.8) is 0 Å². The average molecular weight is 327 g/mol. The van der Waals surface area contributed by atoms with Gasteiger partial charge in [0.1, 0.15) is 12.4 Å². The van der Waals surface area contributed by atoms with Crippen molar-refractivity contribution in [2.75, 3.05) is 19.8 Å². The van der Waals surface area contributed by atoms with E-state index in [4.69, 9.17) is 9.47 Å². The van der Waals surface area contributed by atoms with Gasteiger partial charge in [-0.15, -0.1) is 0 Å². The van der Waals surface area contributed by atoms with Crippen molar-refractivity contribution in [2.24, 2.45) is 0 Å². The number of ether oxygens (including phenoxy) is 2. The fraction of sp³-hybridized carbons (Fsp3) is 0.263. The number of carbonyl (C=O) groups is 2. The van der Waals surface area contributed by atoms with Crippen molar-refractivity contribution in [1.82, 2.24) is 5.32 Å². The van der Waals surface area contributed by atoms with Gasteiger partial charge >= 0.3 is 5.97 Å².